The Morgan fingerprint density at radius 1 is 1.23 bits per heavy atom. The third-order valence-electron chi connectivity index (χ3n) is 2.79. The lowest BCUT2D eigenvalue weighted by Crippen LogP contribution is -2.00. The largest absolute Gasteiger partial charge is 0.458 e. The van der Waals surface area contributed by atoms with E-state index in [1.165, 1.54) is 24.3 Å². The SMILES string of the molecule is O=C(/C=C/c1ccc([N+](=O)[O-])cc1)OCc1cccc(Cl)c1. The zero-order chi connectivity index (χ0) is 15.9. The van der Waals surface area contributed by atoms with Gasteiger partial charge in [0.2, 0.25) is 0 Å². The maximum Gasteiger partial charge on any atom is 0.331 e. The number of nitro groups is 1. The quantitative estimate of drug-likeness (QED) is 0.361. The topological polar surface area (TPSA) is 69.4 Å². The minimum atomic E-state index is -0.502. The second kappa shape index (κ2) is 7.38. The molecular formula is C16H12ClNO4. The van der Waals surface area contributed by atoms with Crippen molar-refractivity contribution < 1.29 is 14.5 Å². The molecule has 0 atom stereocenters. The number of nitrogens with zero attached hydrogens (tertiary/aromatic N) is 1. The number of halogens is 1. The summed E-state index contributed by atoms with van der Waals surface area (Å²) in [5.74, 6) is -0.502. The Kier molecular flexibility index (Phi) is 5.27. The van der Waals surface area contributed by atoms with E-state index < -0.39 is 10.9 Å². The zero-order valence-corrected chi connectivity index (χ0v) is 12.2. The molecule has 0 aliphatic carbocycles. The first-order valence-corrected chi connectivity index (χ1v) is 6.76. The summed E-state index contributed by atoms with van der Waals surface area (Å²) in [5, 5.41) is 11.1. The van der Waals surface area contributed by atoms with E-state index >= 15 is 0 Å². The molecular weight excluding hydrogens is 306 g/mol. The van der Waals surface area contributed by atoms with Crippen molar-refractivity contribution in [1.29, 1.82) is 0 Å². The minimum Gasteiger partial charge on any atom is -0.458 e. The number of hydrogen-bond donors (Lipinski definition) is 0. The van der Waals surface area contributed by atoms with Gasteiger partial charge in [-0.2, -0.15) is 0 Å². The smallest absolute Gasteiger partial charge is 0.331 e. The van der Waals surface area contributed by atoms with E-state index in [2.05, 4.69) is 0 Å². The minimum absolute atomic E-state index is 0.000632. The molecule has 0 aliphatic heterocycles. The molecule has 22 heavy (non-hydrogen) atoms. The molecule has 6 heteroatoms. The molecule has 0 unspecified atom stereocenters. The van der Waals surface area contributed by atoms with Crippen LogP contribution in [0.25, 0.3) is 6.08 Å². The number of hydrogen-bond acceptors (Lipinski definition) is 4. The molecule has 2 aromatic carbocycles. The Labute approximate surface area is 131 Å². The van der Waals surface area contributed by atoms with Crippen molar-refractivity contribution in [2.75, 3.05) is 0 Å². The Balaban J connectivity index is 1.89. The molecule has 2 aromatic rings. The molecule has 0 bridgehead atoms. The lowest BCUT2D eigenvalue weighted by atomic mass is 10.2. The number of carbonyl (C=O) groups is 1. The fraction of sp³-hybridized carbons (Fsp3) is 0.0625. The van der Waals surface area contributed by atoms with Crippen LogP contribution in [0.3, 0.4) is 0 Å². The summed E-state index contributed by atoms with van der Waals surface area (Å²) < 4.78 is 5.07. The van der Waals surface area contributed by atoms with Gasteiger partial charge in [-0.1, -0.05) is 23.7 Å². The molecule has 5 nitrogen and oxygen atoms in total. The van der Waals surface area contributed by atoms with Gasteiger partial charge in [-0.3, -0.25) is 10.1 Å². The van der Waals surface area contributed by atoms with Gasteiger partial charge in [0.05, 0.1) is 4.92 Å². The normalized spacial score (nSPS) is 10.6. The molecule has 0 aliphatic rings. The van der Waals surface area contributed by atoms with Gasteiger partial charge < -0.3 is 4.74 Å². The van der Waals surface area contributed by atoms with Gasteiger partial charge in [0.25, 0.3) is 5.69 Å². The second-order valence-electron chi connectivity index (χ2n) is 4.42. The van der Waals surface area contributed by atoms with Gasteiger partial charge in [0.1, 0.15) is 6.61 Å². The maximum atomic E-state index is 11.6. The summed E-state index contributed by atoms with van der Waals surface area (Å²) in [4.78, 5) is 21.6. The van der Waals surface area contributed by atoms with Crippen molar-refractivity contribution in [3.8, 4) is 0 Å². The highest BCUT2D eigenvalue weighted by Gasteiger charge is 2.03. The Bertz CT molecular complexity index is 710. The van der Waals surface area contributed by atoms with Gasteiger partial charge in [-0.15, -0.1) is 0 Å². The van der Waals surface area contributed by atoms with Crippen molar-refractivity contribution >= 4 is 29.3 Å². The van der Waals surface area contributed by atoms with E-state index in [9.17, 15) is 14.9 Å². The number of benzene rings is 2. The lowest BCUT2D eigenvalue weighted by Gasteiger charge is -2.02. The summed E-state index contributed by atoms with van der Waals surface area (Å²) in [6, 6.07) is 12.9. The standard InChI is InChI=1S/C16H12ClNO4/c17-14-3-1-2-13(10-14)11-22-16(19)9-6-12-4-7-15(8-5-12)18(20)21/h1-10H,11H2/b9-6+. The van der Waals surface area contributed by atoms with Crippen LogP contribution < -0.4 is 0 Å². The van der Waals surface area contributed by atoms with Crippen LogP contribution in [0.5, 0.6) is 0 Å². The second-order valence-corrected chi connectivity index (χ2v) is 4.86. The molecule has 0 spiro atoms. The van der Waals surface area contributed by atoms with Crippen molar-refractivity contribution in [3.05, 3.63) is 80.9 Å². The summed E-state index contributed by atoms with van der Waals surface area (Å²) in [6.07, 6.45) is 2.80. The van der Waals surface area contributed by atoms with E-state index in [0.29, 0.717) is 10.6 Å². The highest BCUT2D eigenvalue weighted by molar-refractivity contribution is 6.30. The monoisotopic (exact) mass is 317 g/mol. The highest BCUT2D eigenvalue weighted by atomic mass is 35.5. The Morgan fingerprint density at radius 2 is 1.95 bits per heavy atom. The van der Waals surface area contributed by atoms with Crippen molar-refractivity contribution in [3.63, 3.8) is 0 Å². The van der Waals surface area contributed by atoms with Crippen LogP contribution >= 0.6 is 11.6 Å². The van der Waals surface area contributed by atoms with E-state index in [4.69, 9.17) is 16.3 Å². The van der Waals surface area contributed by atoms with Crippen molar-refractivity contribution in [1.82, 2.24) is 0 Å². The van der Waals surface area contributed by atoms with Gasteiger partial charge in [-0.05, 0) is 41.5 Å². The molecule has 0 amide bonds. The first-order chi connectivity index (χ1) is 10.5. The van der Waals surface area contributed by atoms with Crippen LogP contribution in [0.2, 0.25) is 5.02 Å². The maximum absolute atomic E-state index is 11.6. The van der Waals surface area contributed by atoms with E-state index in [-0.39, 0.29) is 12.3 Å². The number of esters is 1. The van der Waals surface area contributed by atoms with E-state index in [0.717, 1.165) is 5.56 Å². The first-order valence-electron chi connectivity index (χ1n) is 6.38. The van der Waals surface area contributed by atoms with Crippen molar-refractivity contribution in [2.45, 2.75) is 6.61 Å². The molecule has 0 aromatic heterocycles. The molecule has 0 saturated heterocycles. The number of carbonyl (C=O) groups excluding carboxylic acids is 1. The van der Waals surface area contributed by atoms with Crippen LogP contribution in [0.15, 0.2) is 54.6 Å². The summed E-state index contributed by atoms with van der Waals surface area (Å²) in [7, 11) is 0. The fourth-order valence-corrected chi connectivity index (χ4v) is 1.91. The predicted molar refractivity (Wildman–Crippen MR) is 83.4 cm³/mol. The third kappa shape index (κ3) is 4.71. The van der Waals surface area contributed by atoms with Gasteiger partial charge in [-0.25, -0.2) is 4.79 Å². The summed E-state index contributed by atoms with van der Waals surface area (Å²) in [5.41, 5.74) is 1.47. The third-order valence-corrected chi connectivity index (χ3v) is 3.02. The zero-order valence-electron chi connectivity index (χ0n) is 11.4. The van der Waals surface area contributed by atoms with Crippen LogP contribution in [0, 0.1) is 10.1 Å². The first kappa shape index (κ1) is 15.7. The van der Waals surface area contributed by atoms with E-state index in [1.807, 2.05) is 0 Å². The molecule has 2 rings (SSSR count). The molecule has 0 heterocycles. The number of nitro benzene ring substituents is 1. The molecule has 0 N–H and O–H groups in total. The molecule has 0 radical (unpaired) electrons. The number of non-ortho nitro benzene ring substituents is 1. The average Bonchev–Trinajstić information content (AvgIpc) is 2.51. The molecule has 0 saturated carbocycles. The van der Waals surface area contributed by atoms with Crippen LogP contribution in [0.4, 0.5) is 5.69 Å². The summed E-state index contributed by atoms with van der Waals surface area (Å²) in [6.45, 7) is 0.129. The van der Waals surface area contributed by atoms with Gasteiger partial charge in [0, 0.05) is 23.2 Å². The van der Waals surface area contributed by atoms with Crippen LogP contribution in [-0.2, 0) is 16.1 Å². The average molecular weight is 318 g/mol. The van der Waals surface area contributed by atoms with Crippen molar-refractivity contribution in [2.24, 2.45) is 0 Å². The summed E-state index contributed by atoms with van der Waals surface area (Å²) >= 11 is 5.83. The number of rotatable bonds is 5. The van der Waals surface area contributed by atoms with Gasteiger partial charge in [0.15, 0.2) is 0 Å². The highest BCUT2D eigenvalue weighted by Crippen LogP contribution is 2.13. The predicted octanol–water partition coefficient (Wildman–Crippen LogP) is 4.00. The Hall–Kier alpha value is -2.66. The van der Waals surface area contributed by atoms with Gasteiger partial charge >= 0.3 is 5.97 Å². The number of ether oxygens (including phenoxy) is 1. The van der Waals surface area contributed by atoms with E-state index in [1.54, 1.807) is 36.4 Å². The fourth-order valence-electron chi connectivity index (χ4n) is 1.70. The molecule has 0 fully saturated rings. The Morgan fingerprint density at radius 3 is 2.59 bits per heavy atom. The molecule has 112 valence electrons. The van der Waals surface area contributed by atoms with Crippen LogP contribution in [-0.4, -0.2) is 10.9 Å². The lowest BCUT2D eigenvalue weighted by molar-refractivity contribution is -0.384. The van der Waals surface area contributed by atoms with Crippen LogP contribution in [0.1, 0.15) is 11.1 Å².